The summed E-state index contributed by atoms with van der Waals surface area (Å²) in [6.45, 7) is 4.12. The first-order valence-electron chi connectivity index (χ1n) is 5.59. The third kappa shape index (κ3) is 2.98. The van der Waals surface area contributed by atoms with E-state index < -0.39 is 0 Å². The minimum absolute atomic E-state index is 0.298. The van der Waals surface area contributed by atoms with Gasteiger partial charge in [0.1, 0.15) is 0 Å². The van der Waals surface area contributed by atoms with Gasteiger partial charge in [-0.15, -0.1) is 0 Å². The second-order valence-corrected chi connectivity index (χ2v) is 5.24. The molecular formula is C10H15ClN4S. The van der Waals surface area contributed by atoms with Crippen LogP contribution < -0.4 is 4.90 Å². The minimum atomic E-state index is 0.298. The van der Waals surface area contributed by atoms with E-state index in [1.165, 1.54) is 19.3 Å². The van der Waals surface area contributed by atoms with Gasteiger partial charge >= 0.3 is 0 Å². The van der Waals surface area contributed by atoms with Crippen molar-refractivity contribution in [2.45, 2.75) is 31.3 Å². The highest BCUT2D eigenvalue weighted by atomic mass is 35.5. The minimum Gasteiger partial charge on any atom is -0.341 e. The summed E-state index contributed by atoms with van der Waals surface area (Å²) >= 11 is 7.50. The van der Waals surface area contributed by atoms with E-state index in [2.05, 4.69) is 26.8 Å². The third-order valence-corrected chi connectivity index (χ3v) is 3.39. The van der Waals surface area contributed by atoms with Crippen LogP contribution in [0, 0.1) is 0 Å². The molecule has 4 nitrogen and oxygen atoms in total. The number of rotatable bonds is 3. The van der Waals surface area contributed by atoms with Crippen molar-refractivity contribution in [2.24, 2.45) is 0 Å². The van der Waals surface area contributed by atoms with Gasteiger partial charge in [-0.3, -0.25) is 0 Å². The molecule has 2 heterocycles. The summed E-state index contributed by atoms with van der Waals surface area (Å²) in [6, 6.07) is 0. The number of piperidine rings is 1. The van der Waals surface area contributed by atoms with Gasteiger partial charge in [0.2, 0.25) is 11.2 Å². The monoisotopic (exact) mass is 258 g/mol. The molecule has 1 aromatic rings. The molecule has 0 bridgehead atoms. The van der Waals surface area contributed by atoms with Crippen molar-refractivity contribution in [2.75, 3.05) is 23.7 Å². The maximum absolute atomic E-state index is 5.90. The molecule has 1 aliphatic heterocycles. The quantitative estimate of drug-likeness (QED) is 0.780. The Hall–Kier alpha value is -0.550. The molecule has 1 aliphatic rings. The van der Waals surface area contributed by atoms with Crippen molar-refractivity contribution in [3.8, 4) is 0 Å². The van der Waals surface area contributed by atoms with Crippen LogP contribution in [-0.2, 0) is 0 Å². The molecule has 6 heteroatoms. The molecule has 2 rings (SSSR count). The standard InChI is InChI=1S/C10H15ClN4S/c1-2-16-10-13-8(11)12-9(14-10)15-6-4-3-5-7-15/h2-7H2,1H3. The van der Waals surface area contributed by atoms with Crippen molar-refractivity contribution in [1.29, 1.82) is 0 Å². The van der Waals surface area contributed by atoms with Gasteiger partial charge < -0.3 is 4.90 Å². The summed E-state index contributed by atoms with van der Waals surface area (Å²) in [4.78, 5) is 14.9. The Kier molecular flexibility index (Phi) is 4.23. The SMILES string of the molecule is CCSc1nc(Cl)nc(N2CCCCC2)n1. The van der Waals surface area contributed by atoms with Crippen LogP contribution in [0.25, 0.3) is 0 Å². The van der Waals surface area contributed by atoms with E-state index in [0.29, 0.717) is 5.28 Å². The number of nitrogens with zero attached hydrogens (tertiary/aromatic N) is 4. The molecule has 0 aliphatic carbocycles. The van der Waals surface area contributed by atoms with E-state index in [1.807, 2.05) is 0 Å². The predicted octanol–water partition coefficient (Wildman–Crippen LogP) is 2.63. The second kappa shape index (κ2) is 5.68. The van der Waals surface area contributed by atoms with Crippen molar-refractivity contribution in [3.05, 3.63) is 5.28 Å². The predicted molar refractivity (Wildman–Crippen MR) is 67.3 cm³/mol. The molecule has 1 aromatic heterocycles. The van der Waals surface area contributed by atoms with Gasteiger partial charge in [-0.25, -0.2) is 0 Å². The highest BCUT2D eigenvalue weighted by molar-refractivity contribution is 7.99. The Morgan fingerprint density at radius 1 is 1.19 bits per heavy atom. The van der Waals surface area contributed by atoms with E-state index >= 15 is 0 Å². The van der Waals surface area contributed by atoms with Gasteiger partial charge in [0.05, 0.1) is 0 Å². The van der Waals surface area contributed by atoms with Crippen LogP contribution in [0.1, 0.15) is 26.2 Å². The number of thioether (sulfide) groups is 1. The third-order valence-electron chi connectivity index (χ3n) is 2.49. The van der Waals surface area contributed by atoms with Crippen LogP contribution in [0.15, 0.2) is 5.16 Å². The first-order valence-corrected chi connectivity index (χ1v) is 6.95. The Morgan fingerprint density at radius 3 is 2.62 bits per heavy atom. The lowest BCUT2D eigenvalue weighted by atomic mass is 10.1. The fourth-order valence-corrected chi connectivity index (χ4v) is 2.51. The molecule has 1 fully saturated rings. The summed E-state index contributed by atoms with van der Waals surface area (Å²) in [5.74, 6) is 1.68. The van der Waals surface area contributed by atoms with E-state index in [1.54, 1.807) is 11.8 Å². The van der Waals surface area contributed by atoms with Crippen LogP contribution in [0.2, 0.25) is 5.28 Å². The molecule has 88 valence electrons. The summed E-state index contributed by atoms with van der Waals surface area (Å²) in [6.07, 6.45) is 3.71. The van der Waals surface area contributed by atoms with E-state index in [4.69, 9.17) is 11.6 Å². The fourth-order valence-electron chi connectivity index (χ4n) is 1.75. The zero-order valence-corrected chi connectivity index (χ0v) is 10.9. The van der Waals surface area contributed by atoms with Gasteiger partial charge in [-0.2, -0.15) is 15.0 Å². The Labute approximate surface area is 105 Å². The molecule has 0 amide bonds. The van der Waals surface area contributed by atoms with Crippen LogP contribution in [0.5, 0.6) is 0 Å². The van der Waals surface area contributed by atoms with Crippen LogP contribution in [-0.4, -0.2) is 33.8 Å². The summed E-state index contributed by atoms with van der Waals surface area (Å²) < 4.78 is 0. The van der Waals surface area contributed by atoms with E-state index in [0.717, 1.165) is 29.9 Å². The highest BCUT2D eigenvalue weighted by Gasteiger charge is 2.15. The van der Waals surface area contributed by atoms with Crippen LogP contribution in [0.4, 0.5) is 5.95 Å². The van der Waals surface area contributed by atoms with Crippen molar-refractivity contribution < 1.29 is 0 Å². The molecule has 0 N–H and O–H groups in total. The number of hydrogen-bond acceptors (Lipinski definition) is 5. The second-order valence-electron chi connectivity index (χ2n) is 3.67. The molecule has 16 heavy (non-hydrogen) atoms. The average molecular weight is 259 g/mol. The van der Waals surface area contributed by atoms with Crippen molar-refractivity contribution in [3.63, 3.8) is 0 Å². The highest BCUT2D eigenvalue weighted by Crippen LogP contribution is 2.20. The first kappa shape index (κ1) is 11.9. The lowest BCUT2D eigenvalue weighted by molar-refractivity contribution is 0.564. The molecule has 0 saturated carbocycles. The fraction of sp³-hybridized carbons (Fsp3) is 0.700. The maximum atomic E-state index is 5.90. The molecule has 0 spiro atoms. The van der Waals surface area contributed by atoms with Gasteiger partial charge in [0, 0.05) is 13.1 Å². The lowest BCUT2D eigenvalue weighted by Gasteiger charge is -2.26. The molecule has 0 radical (unpaired) electrons. The van der Waals surface area contributed by atoms with Crippen molar-refractivity contribution in [1.82, 2.24) is 15.0 Å². The van der Waals surface area contributed by atoms with Gasteiger partial charge in [0.25, 0.3) is 0 Å². The van der Waals surface area contributed by atoms with Gasteiger partial charge in [-0.1, -0.05) is 18.7 Å². The van der Waals surface area contributed by atoms with Crippen LogP contribution >= 0.6 is 23.4 Å². The van der Waals surface area contributed by atoms with E-state index in [-0.39, 0.29) is 0 Å². The molecule has 0 atom stereocenters. The molecule has 1 saturated heterocycles. The molecular weight excluding hydrogens is 244 g/mol. The average Bonchev–Trinajstić information content (AvgIpc) is 2.30. The summed E-state index contributed by atoms with van der Waals surface area (Å²) in [5.41, 5.74) is 0. The largest absolute Gasteiger partial charge is 0.341 e. The summed E-state index contributed by atoms with van der Waals surface area (Å²) in [5, 5.41) is 1.02. The van der Waals surface area contributed by atoms with Crippen molar-refractivity contribution >= 4 is 29.3 Å². The first-order chi connectivity index (χ1) is 7.79. The van der Waals surface area contributed by atoms with E-state index in [9.17, 15) is 0 Å². The van der Waals surface area contributed by atoms with Gasteiger partial charge in [0.15, 0.2) is 5.16 Å². The Bertz CT molecular complexity index is 355. The Morgan fingerprint density at radius 2 is 1.94 bits per heavy atom. The number of halogens is 1. The number of hydrogen-bond donors (Lipinski definition) is 0. The van der Waals surface area contributed by atoms with Gasteiger partial charge in [-0.05, 0) is 36.6 Å². The van der Waals surface area contributed by atoms with Crippen LogP contribution in [0.3, 0.4) is 0 Å². The topological polar surface area (TPSA) is 41.9 Å². The molecule has 0 aromatic carbocycles. The summed E-state index contributed by atoms with van der Waals surface area (Å²) in [7, 11) is 0. The maximum Gasteiger partial charge on any atom is 0.230 e. The zero-order chi connectivity index (χ0) is 11.4. The Balaban J connectivity index is 2.18. The smallest absolute Gasteiger partial charge is 0.230 e. The molecule has 0 unspecified atom stereocenters. The number of anilines is 1. The zero-order valence-electron chi connectivity index (χ0n) is 9.32. The number of aromatic nitrogens is 3. The normalized spacial score (nSPS) is 16.5. The lowest BCUT2D eigenvalue weighted by Crippen LogP contribution is -2.31.